The molecule has 0 unspecified atom stereocenters. The number of pyridine rings is 1. The van der Waals surface area contributed by atoms with Gasteiger partial charge in [-0.1, -0.05) is 40.2 Å². The third-order valence-corrected chi connectivity index (χ3v) is 3.33. The molecular weight excluding hydrogens is 266 g/mol. The number of hydrogen-bond donors (Lipinski definition) is 0. The van der Waals surface area contributed by atoms with Crippen molar-refractivity contribution in [2.24, 2.45) is 0 Å². The van der Waals surface area contributed by atoms with Gasteiger partial charge in [-0.15, -0.1) is 0 Å². The predicted octanol–water partition coefficient (Wildman–Crippen LogP) is 2.97. The molecule has 0 aliphatic heterocycles. The fourth-order valence-corrected chi connectivity index (χ4v) is 2.03. The van der Waals surface area contributed by atoms with Crippen LogP contribution in [-0.2, 0) is 6.54 Å². The Bertz CT molecular complexity index is 560. The van der Waals surface area contributed by atoms with Crippen molar-refractivity contribution >= 4 is 15.9 Å². The number of benzene rings is 1. The normalized spacial score (nSPS) is 10.4. The van der Waals surface area contributed by atoms with E-state index in [0.717, 1.165) is 15.7 Å². The zero-order valence-corrected chi connectivity index (χ0v) is 10.6. The van der Waals surface area contributed by atoms with Crippen LogP contribution in [0.2, 0.25) is 0 Å². The highest BCUT2D eigenvalue weighted by atomic mass is 79.9. The molecule has 0 saturated heterocycles. The Kier molecular flexibility index (Phi) is 3.25. The Morgan fingerprint density at radius 3 is 2.56 bits per heavy atom. The van der Waals surface area contributed by atoms with E-state index in [9.17, 15) is 4.79 Å². The van der Waals surface area contributed by atoms with Gasteiger partial charge in [0.05, 0.1) is 6.54 Å². The topological polar surface area (TPSA) is 22.0 Å². The molecule has 0 N–H and O–H groups in total. The van der Waals surface area contributed by atoms with E-state index in [-0.39, 0.29) is 5.56 Å². The molecule has 1 heterocycles. The van der Waals surface area contributed by atoms with Gasteiger partial charge < -0.3 is 4.57 Å². The quantitative estimate of drug-likeness (QED) is 0.827. The Balaban J connectivity index is 2.42. The molecular formula is C13H12BrNO. The minimum Gasteiger partial charge on any atom is -0.308 e. The van der Waals surface area contributed by atoms with Gasteiger partial charge in [-0.25, -0.2) is 0 Å². The smallest absolute Gasteiger partial charge is 0.251 e. The van der Waals surface area contributed by atoms with Gasteiger partial charge in [0.2, 0.25) is 0 Å². The van der Waals surface area contributed by atoms with Crippen LogP contribution < -0.4 is 5.56 Å². The average molecular weight is 278 g/mol. The second kappa shape index (κ2) is 4.66. The summed E-state index contributed by atoms with van der Waals surface area (Å²) in [6.45, 7) is 2.55. The summed E-state index contributed by atoms with van der Waals surface area (Å²) < 4.78 is 2.80. The lowest BCUT2D eigenvalue weighted by atomic mass is 10.2. The Labute approximate surface area is 103 Å². The molecule has 2 nitrogen and oxygen atoms in total. The summed E-state index contributed by atoms with van der Waals surface area (Å²) >= 11 is 3.49. The molecule has 0 aliphatic carbocycles. The largest absolute Gasteiger partial charge is 0.308 e. The van der Waals surface area contributed by atoms with Crippen molar-refractivity contribution in [3.05, 3.63) is 68.5 Å². The highest BCUT2D eigenvalue weighted by Crippen LogP contribution is 2.16. The maximum absolute atomic E-state index is 11.7. The van der Waals surface area contributed by atoms with Crippen molar-refractivity contribution in [3.63, 3.8) is 0 Å². The molecule has 0 aliphatic rings. The van der Waals surface area contributed by atoms with Crippen molar-refractivity contribution < 1.29 is 0 Å². The molecule has 0 fully saturated rings. The highest BCUT2D eigenvalue weighted by Gasteiger charge is 2.03. The molecule has 1 aromatic heterocycles. The van der Waals surface area contributed by atoms with Crippen LogP contribution in [0.4, 0.5) is 0 Å². The lowest BCUT2D eigenvalue weighted by molar-refractivity contribution is 0.728. The second-order valence-corrected chi connectivity index (χ2v) is 4.54. The maximum atomic E-state index is 11.7. The number of aromatic nitrogens is 1. The fourth-order valence-electron chi connectivity index (χ4n) is 1.62. The van der Waals surface area contributed by atoms with E-state index in [2.05, 4.69) is 15.9 Å². The summed E-state index contributed by atoms with van der Waals surface area (Å²) in [6, 6.07) is 13.3. The standard InChI is InChI=1S/C13H12BrNO/c1-10-5-4-8-13(16)15(10)9-11-6-2-3-7-12(11)14/h2-8H,9H2,1H3. The molecule has 2 rings (SSSR count). The van der Waals surface area contributed by atoms with Gasteiger partial charge in [0.1, 0.15) is 0 Å². The number of halogens is 1. The van der Waals surface area contributed by atoms with Crippen molar-refractivity contribution in [2.75, 3.05) is 0 Å². The van der Waals surface area contributed by atoms with Gasteiger partial charge in [0.25, 0.3) is 5.56 Å². The lowest BCUT2D eigenvalue weighted by Gasteiger charge is -2.10. The summed E-state index contributed by atoms with van der Waals surface area (Å²) in [5.74, 6) is 0. The van der Waals surface area contributed by atoms with Gasteiger partial charge in [-0.3, -0.25) is 4.79 Å². The van der Waals surface area contributed by atoms with E-state index in [0.29, 0.717) is 6.54 Å². The van der Waals surface area contributed by atoms with Crippen molar-refractivity contribution in [3.8, 4) is 0 Å². The molecule has 2 aromatic rings. The van der Waals surface area contributed by atoms with E-state index in [4.69, 9.17) is 0 Å². The summed E-state index contributed by atoms with van der Waals surface area (Å²) in [6.07, 6.45) is 0. The number of hydrogen-bond acceptors (Lipinski definition) is 1. The predicted molar refractivity (Wildman–Crippen MR) is 68.7 cm³/mol. The lowest BCUT2D eigenvalue weighted by Crippen LogP contribution is -2.21. The third kappa shape index (κ3) is 2.25. The van der Waals surface area contributed by atoms with E-state index in [1.54, 1.807) is 16.7 Å². The van der Waals surface area contributed by atoms with Gasteiger partial charge in [0.15, 0.2) is 0 Å². The third-order valence-electron chi connectivity index (χ3n) is 2.55. The first-order chi connectivity index (χ1) is 7.68. The van der Waals surface area contributed by atoms with Crippen molar-refractivity contribution in [2.45, 2.75) is 13.5 Å². The molecule has 3 heteroatoms. The summed E-state index contributed by atoms with van der Waals surface area (Å²) in [4.78, 5) is 11.7. The van der Waals surface area contributed by atoms with E-state index < -0.39 is 0 Å². The van der Waals surface area contributed by atoms with Crippen molar-refractivity contribution in [1.82, 2.24) is 4.57 Å². The van der Waals surface area contributed by atoms with Gasteiger partial charge in [-0.2, -0.15) is 0 Å². The van der Waals surface area contributed by atoms with Gasteiger partial charge in [-0.05, 0) is 24.6 Å². The number of aryl methyl sites for hydroxylation is 1. The zero-order chi connectivity index (χ0) is 11.5. The minimum absolute atomic E-state index is 0.0377. The van der Waals surface area contributed by atoms with Crippen LogP contribution in [0.15, 0.2) is 51.7 Å². The average Bonchev–Trinajstić information content (AvgIpc) is 2.26. The van der Waals surface area contributed by atoms with Crippen LogP contribution in [0.5, 0.6) is 0 Å². The zero-order valence-electron chi connectivity index (χ0n) is 8.98. The monoisotopic (exact) mass is 277 g/mol. The van der Waals surface area contributed by atoms with Crippen LogP contribution in [0, 0.1) is 6.92 Å². The van der Waals surface area contributed by atoms with E-state index in [1.165, 1.54) is 0 Å². The highest BCUT2D eigenvalue weighted by molar-refractivity contribution is 9.10. The van der Waals surface area contributed by atoms with Crippen molar-refractivity contribution in [1.29, 1.82) is 0 Å². The van der Waals surface area contributed by atoms with E-state index in [1.807, 2.05) is 37.3 Å². The van der Waals surface area contributed by atoms with E-state index >= 15 is 0 Å². The van der Waals surface area contributed by atoms with Gasteiger partial charge >= 0.3 is 0 Å². The van der Waals surface area contributed by atoms with Crippen LogP contribution in [0.1, 0.15) is 11.3 Å². The second-order valence-electron chi connectivity index (χ2n) is 3.68. The Morgan fingerprint density at radius 2 is 1.88 bits per heavy atom. The molecule has 0 amide bonds. The molecule has 1 aromatic carbocycles. The number of rotatable bonds is 2. The summed E-state index contributed by atoms with van der Waals surface area (Å²) in [7, 11) is 0. The summed E-state index contributed by atoms with van der Waals surface area (Å²) in [5.41, 5.74) is 2.12. The molecule has 0 saturated carbocycles. The Hall–Kier alpha value is -1.35. The summed E-state index contributed by atoms with van der Waals surface area (Å²) in [5, 5.41) is 0. The van der Waals surface area contributed by atoms with Gasteiger partial charge in [0, 0.05) is 16.2 Å². The first kappa shape index (κ1) is 11.1. The van der Waals surface area contributed by atoms with Crippen LogP contribution in [0.3, 0.4) is 0 Å². The maximum Gasteiger partial charge on any atom is 0.251 e. The van der Waals surface area contributed by atoms with Crippen LogP contribution >= 0.6 is 15.9 Å². The SMILES string of the molecule is Cc1cccc(=O)n1Cc1ccccc1Br. The first-order valence-corrected chi connectivity index (χ1v) is 5.87. The molecule has 82 valence electrons. The molecule has 0 spiro atoms. The molecule has 16 heavy (non-hydrogen) atoms. The molecule has 0 bridgehead atoms. The fraction of sp³-hybridized carbons (Fsp3) is 0.154. The Morgan fingerprint density at radius 1 is 1.12 bits per heavy atom. The van der Waals surface area contributed by atoms with Crippen LogP contribution in [0.25, 0.3) is 0 Å². The van der Waals surface area contributed by atoms with Crippen LogP contribution in [-0.4, -0.2) is 4.57 Å². The molecule has 0 atom stereocenters. The molecule has 0 radical (unpaired) electrons. The first-order valence-electron chi connectivity index (χ1n) is 5.08. The number of nitrogens with zero attached hydrogens (tertiary/aromatic N) is 1. The minimum atomic E-state index is 0.0377.